The van der Waals surface area contributed by atoms with Crippen molar-refractivity contribution in [1.82, 2.24) is 10.6 Å². The lowest BCUT2D eigenvalue weighted by Crippen LogP contribution is -2.58. The Hall–Kier alpha value is -0.610. The van der Waals surface area contributed by atoms with E-state index in [2.05, 4.69) is 24.5 Å². The molecule has 2 aliphatic rings. The van der Waals surface area contributed by atoms with E-state index in [0.29, 0.717) is 12.8 Å². The van der Waals surface area contributed by atoms with Crippen LogP contribution in [-0.2, 0) is 9.53 Å². The number of nitrogens with one attached hydrogen (secondary N) is 2. The number of carbonyl (C=O) groups excluding carboxylic acids is 1. The second kappa shape index (κ2) is 18.7. The van der Waals surface area contributed by atoms with E-state index in [1.54, 1.807) is 0 Å². The maximum absolute atomic E-state index is 12.4. The minimum Gasteiger partial charge on any atom is -0.465 e. The van der Waals surface area contributed by atoms with Crippen LogP contribution in [-0.4, -0.2) is 31.8 Å². The van der Waals surface area contributed by atoms with E-state index in [9.17, 15) is 4.79 Å². The molecule has 0 spiro atoms. The van der Waals surface area contributed by atoms with Gasteiger partial charge in [-0.15, -0.1) is 0 Å². The van der Waals surface area contributed by atoms with Crippen molar-refractivity contribution >= 4 is 5.97 Å². The molecule has 0 aromatic heterocycles. The molecule has 0 unspecified atom stereocenters. The largest absolute Gasteiger partial charge is 0.465 e. The molecule has 2 fully saturated rings. The van der Waals surface area contributed by atoms with Crippen molar-refractivity contribution in [2.75, 3.05) is 19.7 Å². The first-order valence-electron chi connectivity index (χ1n) is 14.9. The van der Waals surface area contributed by atoms with Crippen molar-refractivity contribution in [3.8, 4) is 0 Å². The third kappa shape index (κ3) is 12.6. The summed E-state index contributed by atoms with van der Waals surface area (Å²) in [5, 5.41) is 7.26. The van der Waals surface area contributed by atoms with Gasteiger partial charge < -0.3 is 15.4 Å². The molecule has 4 heteroatoms. The highest BCUT2D eigenvalue weighted by molar-refractivity contribution is 5.73. The van der Waals surface area contributed by atoms with Crippen LogP contribution in [0.15, 0.2) is 0 Å². The first-order chi connectivity index (χ1) is 16.2. The summed E-state index contributed by atoms with van der Waals surface area (Å²) >= 11 is 0. The minimum absolute atomic E-state index is 0.0159. The number of ether oxygens (including phenoxy) is 1. The molecular weight excluding hydrogens is 408 g/mol. The average molecular weight is 465 g/mol. The Morgan fingerprint density at radius 3 is 1.79 bits per heavy atom. The Bertz CT molecular complexity index is 468. The zero-order valence-electron chi connectivity index (χ0n) is 22.2. The predicted molar refractivity (Wildman–Crippen MR) is 140 cm³/mol. The molecule has 0 amide bonds. The highest BCUT2D eigenvalue weighted by Gasteiger charge is 2.32. The van der Waals surface area contributed by atoms with Crippen molar-refractivity contribution in [3.63, 3.8) is 0 Å². The lowest BCUT2D eigenvalue weighted by atomic mass is 9.78. The summed E-state index contributed by atoms with van der Waals surface area (Å²) in [6.07, 6.45) is 26.0. The van der Waals surface area contributed by atoms with Crippen LogP contribution in [0.5, 0.6) is 0 Å². The monoisotopic (exact) mass is 464 g/mol. The topological polar surface area (TPSA) is 50.4 Å². The van der Waals surface area contributed by atoms with Gasteiger partial charge in [-0.25, -0.2) is 0 Å². The Morgan fingerprint density at radius 2 is 1.21 bits per heavy atom. The van der Waals surface area contributed by atoms with Crippen molar-refractivity contribution in [3.05, 3.63) is 0 Å². The van der Waals surface area contributed by atoms with Gasteiger partial charge in [0.25, 0.3) is 0 Å². The van der Waals surface area contributed by atoms with Gasteiger partial charge in [0.15, 0.2) is 0 Å². The van der Waals surface area contributed by atoms with Gasteiger partial charge in [0.2, 0.25) is 0 Å². The quantitative estimate of drug-likeness (QED) is 0.164. The Morgan fingerprint density at radius 1 is 0.697 bits per heavy atom. The molecule has 33 heavy (non-hydrogen) atoms. The zero-order valence-corrected chi connectivity index (χ0v) is 22.2. The van der Waals surface area contributed by atoms with Crippen LogP contribution in [0.3, 0.4) is 0 Å². The van der Waals surface area contributed by atoms with Gasteiger partial charge in [0.05, 0.1) is 18.7 Å². The van der Waals surface area contributed by atoms with E-state index >= 15 is 0 Å². The van der Waals surface area contributed by atoms with Gasteiger partial charge in [-0.2, -0.15) is 0 Å². The second-order valence-corrected chi connectivity index (χ2v) is 11.0. The van der Waals surface area contributed by atoms with Crippen molar-refractivity contribution in [1.29, 1.82) is 0 Å². The average Bonchev–Trinajstić information content (AvgIpc) is 2.85. The summed E-state index contributed by atoms with van der Waals surface area (Å²) < 4.78 is 5.56. The van der Waals surface area contributed by atoms with Crippen LogP contribution in [0.25, 0.3) is 0 Å². The summed E-state index contributed by atoms with van der Waals surface area (Å²) in [7, 11) is 0. The smallest absolute Gasteiger partial charge is 0.311 e. The third-order valence-electron chi connectivity index (χ3n) is 8.07. The molecule has 0 aromatic rings. The fourth-order valence-corrected chi connectivity index (χ4v) is 5.73. The van der Waals surface area contributed by atoms with E-state index in [1.807, 2.05) is 0 Å². The number of hydrogen-bond acceptors (Lipinski definition) is 4. The highest BCUT2D eigenvalue weighted by atomic mass is 16.5. The zero-order chi connectivity index (χ0) is 23.6. The van der Waals surface area contributed by atoms with E-state index in [-0.39, 0.29) is 11.9 Å². The maximum Gasteiger partial charge on any atom is 0.311 e. The van der Waals surface area contributed by atoms with Crippen LogP contribution >= 0.6 is 0 Å². The molecule has 0 radical (unpaired) electrons. The Labute approximate surface area is 205 Å². The molecule has 1 saturated carbocycles. The molecule has 0 atom stereocenters. The number of esters is 1. The third-order valence-corrected chi connectivity index (χ3v) is 8.07. The highest BCUT2D eigenvalue weighted by Crippen LogP contribution is 2.34. The van der Waals surface area contributed by atoms with E-state index in [4.69, 9.17) is 4.74 Å². The van der Waals surface area contributed by atoms with Gasteiger partial charge in [0, 0.05) is 13.1 Å². The van der Waals surface area contributed by atoms with E-state index in [1.165, 1.54) is 116 Å². The summed E-state index contributed by atoms with van der Waals surface area (Å²) in [4.78, 5) is 12.4. The Balaban J connectivity index is 1.46. The minimum atomic E-state index is -0.0283. The summed E-state index contributed by atoms with van der Waals surface area (Å²) in [6.45, 7) is 6.67. The van der Waals surface area contributed by atoms with Gasteiger partial charge in [-0.05, 0) is 31.1 Å². The second-order valence-electron chi connectivity index (χ2n) is 11.0. The van der Waals surface area contributed by atoms with E-state index < -0.39 is 0 Å². The van der Waals surface area contributed by atoms with Crippen LogP contribution in [0.1, 0.15) is 136 Å². The van der Waals surface area contributed by atoms with Gasteiger partial charge in [-0.3, -0.25) is 4.79 Å². The lowest BCUT2D eigenvalue weighted by molar-refractivity contribution is -0.149. The first kappa shape index (κ1) is 28.6. The molecular formula is C29H56N2O2. The van der Waals surface area contributed by atoms with Crippen molar-refractivity contribution < 1.29 is 9.53 Å². The molecule has 4 nitrogen and oxygen atoms in total. The number of hydrogen-bond donors (Lipinski definition) is 2. The number of unbranched alkanes of at least 4 members (excludes halogenated alkanes) is 12. The van der Waals surface area contributed by atoms with Gasteiger partial charge in [0.1, 0.15) is 0 Å². The summed E-state index contributed by atoms with van der Waals surface area (Å²) in [5.41, 5.74) is 0. The van der Waals surface area contributed by atoms with Crippen molar-refractivity contribution in [2.24, 2.45) is 17.8 Å². The Kier molecular flexibility index (Phi) is 16.2. The van der Waals surface area contributed by atoms with Crippen LogP contribution in [0.2, 0.25) is 0 Å². The van der Waals surface area contributed by atoms with E-state index in [0.717, 1.165) is 31.3 Å². The van der Waals surface area contributed by atoms with Crippen molar-refractivity contribution in [2.45, 2.75) is 142 Å². The summed E-state index contributed by atoms with van der Waals surface area (Å²) in [5.74, 6) is 1.63. The van der Waals surface area contributed by atoms with Crippen LogP contribution in [0.4, 0.5) is 0 Å². The fraction of sp³-hybridized carbons (Fsp3) is 0.966. The fourth-order valence-electron chi connectivity index (χ4n) is 5.73. The van der Waals surface area contributed by atoms with Gasteiger partial charge in [-0.1, -0.05) is 117 Å². The van der Waals surface area contributed by atoms with Crippen LogP contribution < -0.4 is 10.6 Å². The predicted octanol–water partition coefficient (Wildman–Crippen LogP) is 7.36. The number of carbonyl (C=O) groups is 1. The maximum atomic E-state index is 12.4. The molecule has 1 aliphatic heterocycles. The molecule has 2 N–H and O–H groups in total. The molecule has 194 valence electrons. The molecule has 0 bridgehead atoms. The van der Waals surface area contributed by atoms with Crippen LogP contribution in [0, 0.1) is 17.8 Å². The molecule has 1 heterocycles. The lowest BCUT2D eigenvalue weighted by Gasteiger charge is -2.38. The molecule has 1 aliphatic carbocycles. The standard InChI is InChI=1S/C29H56N2O2/c1-3-5-7-9-11-13-15-17-25-18-20-26(21-19-25)28-30-23-27(24-31-28)29(32)33-22-16-14-12-10-8-6-4-2/h25-28,30-31H,3-24H2,1-2H3. The molecule has 0 aromatic carbocycles. The van der Waals surface area contributed by atoms with Gasteiger partial charge >= 0.3 is 5.97 Å². The first-order valence-corrected chi connectivity index (χ1v) is 14.9. The SMILES string of the molecule is CCCCCCCCCOC(=O)C1CNC(C2CCC(CCCCCCCCC)CC2)NC1. The molecule has 2 rings (SSSR count). The normalized spacial score (nSPS) is 25.8. The number of rotatable bonds is 18. The molecule has 1 saturated heterocycles. The summed E-state index contributed by atoms with van der Waals surface area (Å²) in [6, 6.07) is 0.